The Morgan fingerprint density at radius 2 is 2.05 bits per heavy atom. The first kappa shape index (κ1) is 15.0. The summed E-state index contributed by atoms with van der Waals surface area (Å²) in [6.45, 7) is 2.04. The number of aryl methyl sites for hydroxylation is 1. The van der Waals surface area contributed by atoms with Gasteiger partial charge in [-0.2, -0.15) is 0 Å². The molecule has 0 aromatic heterocycles. The van der Waals surface area contributed by atoms with Crippen LogP contribution in [0.5, 0.6) is 0 Å². The fourth-order valence-electron chi connectivity index (χ4n) is 3.66. The number of anilines is 1. The van der Waals surface area contributed by atoms with Crippen molar-refractivity contribution in [3.8, 4) is 0 Å². The molecular formula is C17H23BrN2O. The Hall–Kier alpha value is -0.870. The Kier molecular flexibility index (Phi) is 4.65. The number of hydrogen-bond donors (Lipinski definition) is 2. The van der Waals surface area contributed by atoms with Crippen LogP contribution in [0.4, 0.5) is 5.69 Å². The number of rotatable bonds is 2. The average Bonchev–Trinajstić information content (AvgIpc) is 2.50. The predicted octanol–water partition coefficient (Wildman–Crippen LogP) is 4.01. The summed E-state index contributed by atoms with van der Waals surface area (Å²) in [7, 11) is 0. The van der Waals surface area contributed by atoms with Crippen molar-refractivity contribution in [3.63, 3.8) is 0 Å². The highest BCUT2D eigenvalue weighted by Crippen LogP contribution is 2.32. The Bertz CT molecular complexity index is 532. The fourth-order valence-corrected chi connectivity index (χ4v) is 4.00. The lowest BCUT2D eigenvalue weighted by atomic mass is 9.77. The summed E-state index contributed by atoms with van der Waals surface area (Å²) in [6.07, 6.45) is 7.35. The van der Waals surface area contributed by atoms with Crippen LogP contribution in [-0.4, -0.2) is 18.0 Å². The van der Waals surface area contributed by atoms with E-state index in [0.717, 1.165) is 28.1 Å². The molecule has 1 aromatic carbocycles. The maximum absolute atomic E-state index is 12.5. The molecule has 1 saturated heterocycles. The first-order valence-electron chi connectivity index (χ1n) is 7.96. The van der Waals surface area contributed by atoms with Gasteiger partial charge in [-0.05, 0) is 72.2 Å². The number of benzene rings is 1. The molecule has 3 unspecified atom stereocenters. The van der Waals surface area contributed by atoms with Gasteiger partial charge in [-0.15, -0.1) is 0 Å². The summed E-state index contributed by atoms with van der Waals surface area (Å²) < 4.78 is 0.938. The zero-order valence-corrected chi connectivity index (χ0v) is 14.1. The number of amides is 1. The van der Waals surface area contributed by atoms with Crippen LogP contribution in [0.25, 0.3) is 0 Å². The fraction of sp³-hybridized carbons (Fsp3) is 0.588. The minimum absolute atomic E-state index is 0.0447. The lowest BCUT2D eigenvalue weighted by Crippen LogP contribution is -2.53. The van der Waals surface area contributed by atoms with Gasteiger partial charge in [-0.25, -0.2) is 0 Å². The van der Waals surface area contributed by atoms with Gasteiger partial charge in [0, 0.05) is 10.5 Å². The van der Waals surface area contributed by atoms with Crippen molar-refractivity contribution < 1.29 is 4.79 Å². The highest BCUT2D eigenvalue weighted by Gasteiger charge is 2.34. The summed E-state index contributed by atoms with van der Waals surface area (Å²) in [4.78, 5) is 12.5. The minimum Gasteiger partial charge on any atom is -0.324 e. The first-order valence-corrected chi connectivity index (χ1v) is 8.76. The van der Waals surface area contributed by atoms with Gasteiger partial charge in [-0.3, -0.25) is 4.79 Å². The summed E-state index contributed by atoms with van der Waals surface area (Å²) >= 11 is 3.50. The molecule has 0 bridgehead atoms. The van der Waals surface area contributed by atoms with Gasteiger partial charge in [0.25, 0.3) is 0 Å². The molecule has 0 radical (unpaired) electrons. The number of piperidine rings is 1. The van der Waals surface area contributed by atoms with Crippen molar-refractivity contribution in [1.29, 1.82) is 0 Å². The monoisotopic (exact) mass is 350 g/mol. The van der Waals surface area contributed by atoms with Gasteiger partial charge < -0.3 is 10.6 Å². The highest BCUT2D eigenvalue weighted by atomic mass is 79.9. The molecule has 21 heavy (non-hydrogen) atoms. The second-order valence-electron chi connectivity index (χ2n) is 6.42. The zero-order valence-electron chi connectivity index (χ0n) is 12.5. The van der Waals surface area contributed by atoms with E-state index in [-0.39, 0.29) is 11.9 Å². The first-order chi connectivity index (χ1) is 10.1. The molecule has 3 nitrogen and oxygen atoms in total. The molecule has 1 saturated carbocycles. The highest BCUT2D eigenvalue weighted by molar-refractivity contribution is 9.10. The van der Waals surface area contributed by atoms with E-state index in [4.69, 9.17) is 0 Å². The van der Waals surface area contributed by atoms with Crippen LogP contribution in [-0.2, 0) is 4.79 Å². The summed E-state index contributed by atoms with van der Waals surface area (Å²) in [5, 5.41) is 6.65. The quantitative estimate of drug-likeness (QED) is 0.845. The van der Waals surface area contributed by atoms with Gasteiger partial charge in [0.05, 0.1) is 11.7 Å². The molecular weight excluding hydrogens is 328 g/mol. The molecule has 1 aliphatic heterocycles. The summed E-state index contributed by atoms with van der Waals surface area (Å²) in [6, 6.07) is 6.52. The number of halogens is 1. The molecule has 0 spiro atoms. The lowest BCUT2D eigenvalue weighted by Gasteiger charge is -2.39. The second kappa shape index (κ2) is 6.49. The van der Waals surface area contributed by atoms with Crippen molar-refractivity contribution in [2.45, 2.75) is 57.5 Å². The van der Waals surface area contributed by atoms with E-state index in [1.165, 1.54) is 32.1 Å². The topological polar surface area (TPSA) is 41.1 Å². The van der Waals surface area contributed by atoms with Gasteiger partial charge in [-0.1, -0.05) is 18.9 Å². The molecule has 2 aliphatic rings. The molecule has 3 atom stereocenters. The van der Waals surface area contributed by atoms with Crippen LogP contribution in [0.1, 0.15) is 44.1 Å². The number of carbonyl (C=O) groups is 1. The van der Waals surface area contributed by atoms with Crippen LogP contribution in [0, 0.1) is 12.8 Å². The van der Waals surface area contributed by atoms with Crippen molar-refractivity contribution in [3.05, 3.63) is 28.2 Å². The second-order valence-corrected chi connectivity index (χ2v) is 7.27. The number of carbonyl (C=O) groups excluding carboxylic acids is 1. The van der Waals surface area contributed by atoms with Crippen molar-refractivity contribution in [2.75, 3.05) is 5.32 Å². The molecule has 2 fully saturated rings. The Morgan fingerprint density at radius 3 is 2.90 bits per heavy atom. The molecule has 4 heteroatoms. The van der Waals surface area contributed by atoms with Crippen LogP contribution in [0.15, 0.2) is 22.7 Å². The molecule has 114 valence electrons. The van der Waals surface area contributed by atoms with Crippen LogP contribution < -0.4 is 10.6 Å². The molecule has 2 N–H and O–H groups in total. The van der Waals surface area contributed by atoms with Gasteiger partial charge in [0.2, 0.25) is 5.91 Å². The van der Waals surface area contributed by atoms with E-state index in [0.29, 0.717) is 6.04 Å². The smallest absolute Gasteiger partial charge is 0.241 e. The molecule has 1 aromatic rings. The van der Waals surface area contributed by atoms with E-state index in [9.17, 15) is 4.79 Å². The summed E-state index contributed by atoms with van der Waals surface area (Å²) in [5.74, 6) is 0.888. The molecule has 1 amide bonds. The standard InChI is InChI=1S/C17H23BrN2O/c1-11-6-8-13(18)16(10-11)20-17(21)15-9-7-12-4-2-3-5-14(12)19-15/h6,8,10,12,14-15,19H,2-5,7,9H2,1H3,(H,20,21). The number of nitrogens with one attached hydrogen (secondary N) is 2. The number of hydrogen-bond acceptors (Lipinski definition) is 2. The molecule has 1 aliphatic carbocycles. The average molecular weight is 351 g/mol. The number of fused-ring (bicyclic) bond motifs is 1. The predicted molar refractivity (Wildman–Crippen MR) is 89.4 cm³/mol. The minimum atomic E-state index is -0.0447. The van der Waals surface area contributed by atoms with Crippen molar-refractivity contribution in [1.82, 2.24) is 5.32 Å². The third kappa shape index (κ3) is 3.49. The van der Waals surface area contributed by atoms with E-state index in [1.807, 2.05) is 25.1 Å². The normalized spacial score (nSPS) is 28.8. The molecule has 3 rings (SSSR count). The van der Waals surface area contributed by atoms with Gasteiger partial charge in [0.15, 0.2) is 0 Å². The summed E-state index contributed by atoms with van der Waals surface area (Å²) in [5.41, 5.74) is 2.02. The van der Waals surface area contributed by atoms with Crippen LogP contribution in [0.2, 0.25) is 0 Å². The van der Waals surface area contributed by atoms with E-state index < -0.39 is 0 Å². The van der Waals surface area contributed by atoms with E-state index in [1.54, 1.807) is 0 Å². The van der Waals surface area contributed by atoms with E-state index in [2.05, 4.69) is 26.6 Å². The maximum Gasteiger partial charge on any atom is 0.241 e. The lowest BCUT2D eigenvalue weighted by molar-refractivity contribution is -0.119. The van der Waals surface area contributed by atoms with Crippen molar-refractivity contribution in [2.24, 2.45) is 5.92 Å². The van der Waals surface area contributed by atoms with Gasteiger partial charge in [0.1, 0.15) is 0 Å². The van der Waals surface area contributed by atoms with Crippen LogP contribution in [0.3, 0.4) is 0 Å². The molecule has 1 heterocycles. The third-order valence-electron chi connectivity index (χ3n) is 4.85. The van der Waals surface area contributed by atoms with Crippen LogP contribution >= 0.6 is 15.9 Å². The maximum atomic E-state index is 12.5. The SMILES string of the molecule is Cc1ccc(Br)c(NC(=O)C2CCC3CCCCC3N2)c1. The Morgan fingerprint density at radius 1 is 1.24 bits per heavy atom. The third-order valence-corrected chi connectivity index (χ3v) is 5.54. The Labute approximate surface area is 135 Å². The zero-order chi connectivity index (χ0) is 14.8. The van der Waals surface area contributed by atoms with Crippen molar-refractivity contribution >= 4 is 27.5 Å². The van der Waals surface area contributed by atoms with Gasteiger partial charge >= 0.3 is 0 Å². The Balaban J connectivity index is 1.64. The largest absolute Gasteiger partial charge is 0.324 e. The van der Waals surface area contributed by atoms with E-state index >= 15 is 0 Å².